The lowest BCUT2D eigenvalue weighted by Gasteiger charge is -2.36. The molecule has 2 aromatic rings. The van der Waals surface area contributed by atoms with E-state index in [0.717, 1.165) is 0 Å². The summed E-state index contributed by atoms with van der Waals surface area (Å²) in [6.45, 7) is 0. The molecule has 0 aliphatic heterocycles. The molecule has 3 nitrogen and oxygen atoms in total. The first-order chi connectivity index (χ1) is 12.4. The van der Waals surface area contributed by atoms with Crippen LogP contribution in [-0.2, 0) is 13.7 Å². The van der Waals surface area contributed by atoms with Crippen molar-refractivity contribution >= 4 is 20.4 Å². The second-order valence-corrected chi connectivity index (χ2v) is 9.37. The van der Waals surface area contributed by atoms with Crippen molar-refractivity contribution in [2.24, 2.45) is 0 Å². The monoisotopic (exact) mass is 430 g/mol. The Kier molecular flexibility index (Phi) is 5.97. The fraction of sp³-hybridized carbons (Fsp3) is 0.125. The maximum Gasteiger partial charge on any atom is 0.524 e. The Balaban J connectivity index is 2.80. The summed E-state index contributed by atoms with van der Waals surface area (Å²) < 4.78 is 105. The van der Waals surface area contributed by atoms with E-state index < -0.39 is 32.1 Å². The van der Waals surface area contributed by atoms with Crippen LogP contribution in [0.15, 0.2) is 81.9 Å². The predicted octanol–water partition coefficient (Wildman–Crippen LogP) is 5.77. The summed E-state index contributed by atoms with van der Waals surface area (Å²) in [5.41, 5.74) is -5.80. The van der Waals surface area contributed by atoms with E-state index in [1.165, 1.54) is 60.7 Å². The lowest BCUT2D eigenvalue weighted by atomic mass is 10.4. The van der Waals surface area contributed by atoms with Crippen LogP contribution in [0.5, 0.6) is 0 Å². The molecule has 0 aliphatic rings. The molecule has 0 amide bonds. The van der Waals surface area contributed by atoms with Crippen molar-refractivity contribution in [2.45, 2.75) is 21.5 Å². The molecule has 2 rings (SSSR count). The number of hydrogen-bond donors (Lipinski definition) is 0. The summed E-state index contributed by atoms with van der Waals surface area (Å²) >= 11 is 0. The maximum atomic E-state index is 12.9. The van der Waals surface area contributed by atoms with Crippen LogP contribution in [0.1, 0.15) is 0 Å². The molecular formula is C16H12F6O3S2. The topological polar surface area (TPSA) is 43.4 Å². The van der Waals surface area contributed by atoms with Gasteiger partial charge >= 0.3 is 21.8 Å². The highest BCUT2D eigenvalue weighted by Crippen LogP contribution is 2.66. The minimum atomic E-state index is -6.20. The summed E-state index contributed by atoms with van der Waals surface area (Å²) in [5.74, 6) is 0. The van der Waals surface area contributed by atoms with Crippen LogP contribution in [0.4, 0.5) is 26.3 Å². The summed E-state index contributed by atoms with van der Waals surface area (Å²) in [7, 11) is -10.0. The molecule has 0 saturated carbocycles. The molecule has 0 atom stereocenters. The number of allylic oxidation sites excluding steroid dienone is 1. The summed E-state index contributed by atoms with van der Waals surface area (Å²) in [4.78, 5) is -0.297. The highest BCUT2D eigenvalue weighted by molar-refractivity contribution is 8.35. The number of rotatable bonds is 5. The third-order valence-electron chi connectivity index (χ3n) is 3.12. The lowest BCUT2D eigenvalue weighted by molar-refractivity contribution is -0.0797. The summed E-state index contributed by atoms with van der Waals surface area (Å²) in [5, 5.41) is 0.334. The summed E-state index contributed by atoms with van der Waals surface area (Å²) in [6, 6.07) is 13.2. The second-order valence-electron chi connectivity index (χ2n) is 5.04. The Bertz CT molecular complexity index is 852. The van der Waals surface area contributed by atoms with E-state index in [0.29, 0.717) is 5.41 Å². The van der Waals surface area contributed by atoms with Crippen molar-refractivity contribution in [1.82, 2.24) is 0 Å². The van der Waals surface area contributed by atoms with Crippen LogP contribution in [0.3, 0.4) is 0 Å². The van der Waals surface area contributed by atoms with Crippen molar-refractivity contribution in [3.05, 3.63) is 72.1 Å². The standard InChI is InChI=1S/C16H12F6O3S2/c17-15(18,19)11-12-26(13-7-3-1-4-8-13,14-9-5-2-6-10-14)25-27(23,24)16(20,21)22/h1-12H. The predicted molar refractivity (Wildman–Crippen MR) is 88.3 cm³/mol. The molecule has 0 heterocycles. The molecule has 0 aromatic heterocycles. The van der Waals surface area contributed by atoms with Gasteiger partial charge in [0.15, 0.2) is 0 Å². The highest BCUT2D eigenvalue weighted by atomic mass is 32.3. The number of halogens is 6. The largest absolute Gasteiger partial charge is 0.524 e. The van der Waals surface area contributed by atoms with Crippen molar-refractivity contribution < 1.29 is 38.4 Å². The average Bonchev–Trinajstić information content (AvgIpc) is 2.58. The van der Waals surface area contributed by atoms with Gasteiger partial charge in [-0.3, -0.25) is 0 Å². The SMILES string of the molecule is O=S(=O)(OS(C=CC(F)(F)F)(c1ccccc1)c1ccccc1)C(F)(F)F. The van der Waals surface area contributed by atoms with Gasteiger partial charge in [-0.1, -0.05) is 36.4 Å². The molecule has 148 valence electrons. The Morgan fingerprint density at radius 2 is 1.15 bits per heavy atom. The normalized spacial score (nSPS) is 14.4. The van der Waals surface area contributed by atoms with Gasteiger partial charge in [0.05, 0.1) is 0 Å². The first kappa shape index (κ1) is 21.3. The molecule has 0 saturated heterocycles. The Hall–Kier alpha value is -1.98. The lowest BCUT2D eigenvalue weighted by Crippen LogP contribution is -2.27. The van der Waals surface area contributed by atoms with Gasteiger partial charge < -0.3 is 0 Å². The minimum absolute atomic E-state index is 0.149. The molecule has 0 unspecified atom stereocenters. The highest BCUT2D eigenvalue weighted by Gasteiger charge is 2.51. The van der Waals surface area contributed by atoms with Crippen molar-refractivity contribution in [2.75, 3.05) is 0 Å². The number of alkyl halides is 6. The maximum absolute atomic E-state index is 12.9. The van der Waals surface area contributed by atoms with Crippen LogP contribution < -0.4 is 0 Å². The van der Waals surface area contributed by atoms with Gasteiger partial charge in [-0.05, 0) is 40.0 Å². The molecule has 0 N–H and O–H groups in total. The molecule has 0 radical (unpaired) electrons. The van der Waals surface area contributed by atoms with E-state index in [9.17, 15) is 34.8 Å². The molecule has 27 heavy (non-hydrogen) atoms. The Morgan fingerprint density at radius 3 is 1.48 bits per heavy atom. The van der Waals surface area contributed by atoms with Gasteiger partial charge in [-0.2, -0.15) is 34.8 Å². The zero-order valence-electron chi connectivity index (χ0n) is 13.2. The van der Waals surface area contributed by atoms with E-state index in [1.54, 1.807) is 0 Å². The van der Waals surface area contributed by atoms with Crippen LogP contribution in [0.2, 0.25) is 0 Å². The first-order valence-corrected chi connectivity index (χ1v) is 10.1. The fourth-order valence-electron chi connectivity index (χ4n) is 1.99. The van der Waals surface area contributed by atoms with Gasteiger partial charge in [0, 0.05) is 15.9 Å². The summed E-state index contributed by atoms with van der Waals surface area (Å²) in [6.07, 6.45) is -5.22. The quantitative estimate of drug-likeness (QED) is 0.447. The zero-order valence-corrected chi connectivity index (χ0v) is 14.9. The zero-order chi connectivity index (χ0) is 20.3. The van der Waals surface area contributed by atoms with E-state index in [4.69, 9.17) is 0 Å². The van der Waals surface area contributed by atoms with Gasteiger partial charge in [-0.15, -0.1) is 0 Å². The van der Waals surface area contributed by atoms with E-state index in [2.05, 4.69) is 3.63 Å². The van der Waals surface area contributed by atoms with Gasteiger partial charge in [0.2, 0.25) is 0 Å². The fourth-order valence-corrected chi connectivity index (χ4v) is 6.30. The van der Waals surface area contributed by atoms with Crippen molar-refractivity contribution in [3.63, 3.8) is 0 Å². The smallest absolute Gasteiger partial charge is 0.200 e. The molecule has 11 heteroatoms. The molecule has 2 aromatic carbocycles. The van der Waals surface area contributed by atoms with Crippen LogP contribution in [0.25, 0.3) is 0 Å². The Labute approximate surface area is 152 Å². The van der Waals surface area contributed by atoms with Crippen molar-refractivity contribution in [3.8, 4) is 0 Å². The van der Waals surface area contributed by atoms with E-state index in [-0.39, 0.29) is 15.9 Å². The van der Waals surface area contributed by atoms with Gasteiger partial charge in [0.1, 0.15) is 0 Å². The average molecular weight is 430 g/mol. The van der Waals surface area contributed by atoms with Gasteiger partial charge in [0.25, 0.3) is 0 Å². The Morgan fingerprint density at radius 1 is 0.741 bits per heavy atom. The molecule has 0 spiro atoms. The third-order valence-corrected chi connectivity index (χ3v) is 7.72. The number of hydrogen-bond acceptors (Lipinski definition) is 3. The minimum Gasteiger partial charge on any atom is -0.200 e. The van der Waals surface area contributed by atoms with Crippen molar-refractivity contribution in [1.29, 1.82) is 0 Å². The van der Waals surface area contributed by atoms with Crippen LogP contribution >= 0.6 is 10.3 Å². The molecule has 0 aliphatic carbocycles. The number of benzene rings is 2. The second kappa shape index (κ2) is 7.56. The van der Waals surface area contributed by atoms with Crippen LogP contribution in [-0.4, -0.2) is 20.1 Å². The molecule has 0 fully saturated rings. The molecular weight excluding hydrogens is 418 g/mol. The van der Waals surface area contributed by atoms with E-state index in [1.807, 2.05) is 0 Å². The van der Waals surface area contributed by atoms with E-state index >= 15 is 0 Å². The third kappa shape index (κ3) is 5.05. The van der Waals surface area contributed by atoms with Crippen LogP contribution in [0, 0.1) is 0 Å². The first-order valence-electron chi connectivity index (χ1n) is 7.09. The molecule has 0 bridgehead atoms. The van der Waals surface area contributed by atoms with Gasteiger partial charge in [-0.25, -0.2) is 3.63 Å².